The minimum absolute atomic E-state index is 0.526. The number of nitrogens with one attached hydrogen (secondary N) is 1. The number of hydrogen-bond donors (Lipinski definition) is 1. The fourth-order valence-corrected chi connectivity index (χ4v) is 3.25. The predicted octanol–water partition coefficient (Wildman–Crippen LogP) is 3.80. The van der Waals surface area contributed by atoms with Crippen molar-refractivity contribution >= 4 is 22.8 Å². The number of benzene rings is 1. The molecular weight excluding hydrogens is 352 g/mol. The lowest BCUT2D eigenvalue weighted by Gasteiger charge is -2.12. The van der Waals surface area contributed by atoms with E-state index >= 15 is 0 Å². The minimum Gasteiger partial charge on any atom is -0.309 e. The van der Waals surface area contributed by atoms with Crippen LogP contribution in [0.2, 0.25) is 0 Å². The second-order valence-electron chi connectivity index (χ2n) is 6.89. The normalized spacial score (nSPS) is 11.4. The van der Waals surface area contributed by atoms with E-state index in [1.165, 1.54) is 0 Å². The number of rotatable bonds is 7. The Bertz CT molecular complexity index is 1080. The third-order valence-corrected chi connectivity index (χ3v) is 5.11. The van der Waals surface area contributed by atoms with Crippen molar-refractivity contribution in [3.63, 3.8) is 0 Å². The van der Waals surface area contributed by atoms with E-state index in [1.807, 2.05) is 29.9 Å². The van der Waals surface area contributed by atoms with Gasteiger partial charge in [0.25, 0.3) is 0 Å². The quantitative estimate of drug-likeness (QED) is 0.528. The van der Waals surface area contributed by atoms with E-state index in [0.717, 1.165) is 47.5 Å². The first kappa shape index (κ1) is 18.1. The first-order chi connectivity index (χ1) is 13.7. The molecule has 4 aromatic rings. The van der Waals surface area contributed by atoms with Crippen molar-refractivity contribution in [1.82, 2.24) is 34.7 Å². The van der Waals surface area contributed by atoms with Gasteiger partial charge in [-0.2, -0.15) is 5.10 Å². The van der Waals surface area contributed by atoms with Crippen molar-refractivity contribution < 1.29 is 0 Å². The summed E-state index contributed by atoms with van der Waals surface area (Å²) >= 11 is 0. The fraction of sp³-hybridized carbons (Fsp3) is 0.350. The topological polar surface area (TPSA) is 86.3 Å². The van der Waals surface area contributed by atoms with Crippen LogP contribution in [0.25, 0.3) is 22.3 Å². The molecule has 3 aromatic heterocycles. The molecule has 8 heteroatoms. The number of anilines is 2. The zero-order chi connectivity index (χ0) is 19.5. The molecule has 1 aromatic carbocycles. The monoisotopic (exact) mass is 376 g/mol. The molecule has 0 unspecified atom stereocenters. The van der Waals surface area contributed by atoms with Crippen LogP contribution >= 0.6 is 0 Å². The molecule has 3 heterocycles. The van der Waals surface area contributed by atoms with Crippen molar-refractivity contribution in [1.29, 1.82) is 0 Å². The van der Waals surface area contributed by atoms with Crippen molar-refractivity contribution in [3.05, 3.63) is 42.7 Å². The Kier molecular flexibility index (Phi) is 5.01. The Morgan fingerprint density at radius 3 is 2.68 bits per heavy atom. The van der Waals surface area contributed by atoms with E-state index in [0.29, 0.717) is 11.9 Å². The van der Waals surface area contributed by atoms with Crippen LogP contribution in [-0.2, 0) is 13.6 Å². The maximum atomic E-state index is 4.63. The largest absolute Gasteiger partial charge is 0.309 e. The Morgan fingerprint density at radius 1 is 1.07 bits per heavy atom. The van der Waals surface area contributed by atoms with E-state index in [2.05, 4.69) is 56.7 Å². The first-order valence-corrected chi connectivity index (χ1v) is 9.59. The van der Waals surface area contributed by atoms with Crippen LogP contribution in [0.4, 0.5) is 11.8 Å². The van der Waals surface area contributed by atoms with Gasteiger partial charge in [0.05, 0.1) is 17.4 Å². The summed E-state index contributed by atoms with van der Waals surface area (Å²) in [5.41, 5.74) is 3.75. The highest BCUT2D eigenvalue weighted by Gasteiger charge is 2.12. The van der Waals surface area contributed by atoms with Gasteiger partial charge in [-0.15, -0.1) is 5.10 Å². The maximum absolute atomic E-state index is 4.63. The molecule has 0 saturated carbocycles. The lowest BCUT2D eigenvalue weighted by atomic mass is 10.0. The predicted molar refractivity (Wildman–Crippen MR) is 109 cm³/mol. The van der Waals surface area contributed by atoms with Gasteiger partial charge in [-0.3, -0.25) is 4.68 Å². The van der Waals surface area contributed by atoms with E-state index in [9.17, 15) is 0 Å². The van der Waals surface area contributed by atoms with Gasteiger partial charge in [0.2, 0.25) is 5.95 Å². The number of nitrogens with zero attached hydrogens (tertiary/aromatic N) is 7. The van der Waals surface area contributed by atoms with Crippen LogP contribution in [-0.4, -0.2) is 34.7 Å². The van der Waals surface area contributed by atoms with E-state index in [-0.39, 0.29) is 0 Å². The molecule has 0 bridgehead atoms. The van der Waals surface area contributed by atoms with Gasteiger partial charge < -0.3 is 5.32 Å². The van der Waals surface area contributed by atoms with Crippen molar-refractivity contribution in [2.45, 2.75) is 33.2 Å². The van der Waals surface area contributed by atoms with Gasteiger partial charge in [-0.1, -0.05) is 38.0 Å². The van der Waals surface area contributed by atoms with Crippen LogP contribution in [0.3, 0.4) is 0 Å². The van der Waals surface area contributed by atoms with Gasteiger partial charge in [-0.05, 0) is 24.1 Å². The van der Waals surface area contributed by atoms with Crippen LogP contribution in [0.5, 0.6) is 0 Å². The molecule has 0 saturated heterocycles. The molecule has 0 aliphatic carbocycles. The van der Waals surface area contributed by atoms with E-state index < -0.39 is 0 Å². The Hall–Kier alpha value is -3.29. The summed E-state index contributed by atoms with van der Waals surface area (Å²) in [6.07, 6.45) is 5.76. The molecule has 0 aliphatic rings. The van der Waals surface area contributed by atoms with Crippen molar-refractivity contribution in [3.8, 4) is 11.3 Å². The summed E-state index contributed by atoms with van der Waals surface area (Å²) in [5, 5.41) is 16.0. The van der Waals surface area contributed by atoms with Crippen LogP contribution in [0, 0.1) is 5.92 Å². The highest BCUT2D eigenvalue weighted by molar-refractivity contribution is 5.80. The standard InChI is InChI=1S/C20H24N8/c1-4-14(5-2)13-28-18-7-6-15(12-17(18)25-26-28)16-8-10-21-20(23-16)24-19-9-11-22-27(19)3/h6-12,14H,4-5,13H2,1-3H3,(H,21,23,24). The van der Waals surface area contributed by atoms with Gasteiger partial charge in [-0.25, -0.2) is 14.6 Å². The summed E-state index contributed by atoms with van der Waals surface area (Å²) in [5.74, 6) is 1.97. The summed E-state index contributed by atoms with van der Waals surface area (Å²) in [6, 6.07) is 9.93. The van der Waals surface area contributed by atoms with Gasteiger partial charge in [0.1, 0.15) is 11.3 Å². The zero-order valence-corrected chi connectivity index (χ0v) is 16.4. The summed E-state index contributed by atoms with van der Waals surface area (Å²) < 4.78 is 3.74. The van der Waals surface area contributed by atoms with Crippen LogP contribution in [0.15, 0.2) is 42.7 Å². The smallest absolute Gasteiger partial charge is 0.228 e. The first-order valence-electron chi connectivity index (χ1n) is 9.59. The van der Waals surface area contributed by atoms with Crippen molar-refractivity contribution in [2.24, 2.45) is 13.0 Å². The van der Waals surface area contributed by atoms with Gasteiger partial charge in [0.15, 0.2) is 0 Å². The second kappa shape index (κ2) is 7.75. The zero-order valence-electron chi connectivity index (χ0n) is 16.4. The number of hydrogen-bond acceptors (Lipinski definition) is 6. The van der Waals surface area contributed by atoms with Crippen LogP contribution < -0.4 is 5.32 Å². The summed E-state index contributed by atoms with van der Waals surface area (Å²) in [4.78, 5) is 8.93. The molecule has 4 rings (SSSR count). The molecule has 144 valence electrons. The van der Waals surface area contributed by atoms with E-state index in [1.54, 1.807) is 17.1 Å². The fourth-order valence-electron chi connectivity index (χ4n) is 3.25. The third kappa shape index (κ3) is 3.58. The number of fused-ring (bicyclic) bond motifs is 1. The molecule has 8 nitrogen and oxygen atoms in total. The lowest BCUT2D eigenvalue weighted by molar-refractivity contribution is 0.397. The Morgan fingerprint density at radius 2 is 1.93 bits per heavy atom. The van der Waals surface area contributed by atoms with Crippen molar-refractivity contribution in [2.75, 3.05) is 5.32 Å². The average molecular weight is 376 g/mol. The molecular formula is C20H24N8. The molecule has 28 heavy (non-hydrogen) atoms. The molecule has 0 spiro atoms. The molecule has 0 amide bonds. The van der Waals surface area contributed by atoms with Crippen LogP contribution in [0.1, 0.15) is 26.7 Å². The Balaban J connectivity index is 1.61. The third-order valence-electron chi connectivity index (χ3n) is 5.11. The minimum atomic E-state index is 0.526. The Labute approximate surface area is 163 Å². The maximum Gasteiger partial charge on any atom is 0.228 e. The molecule has 0 radical (unpaired) electrons. The summed E-state index contributed by atoms with van der Waals surface area (Å²) in [6.45, 7) is 5.34. The summed E-state index contributed by atoms with van der Waals surface area (Å²) in [7, 11) is 1.87. The highest BCUT2D eigenvalue weighted by atomic mass is 15.4. The van der Waals surface area contributed by atoms with Gasteiger partial charge >= 0.3 is 0 Å². The SMILES string of the molecule is CCC(CC)Cn1nnc2cc(-c3ccnc(Nc4ccnn4C)n3)ccc21. The number of aryl methyl sites for hydroxylation is 1. The van der Waals surface area contributed by atoms with E-state index in [4.69, 9.17) is 0 Å². The highest BCUT2D eigenvalue weighted by Crippen LogP contribution is 2.24. The second-order valence-corrected chi connectivity index (χ2v) is 6.89. The molecule has 0 fully saturated rings. The molecule has 1 N–H and O–H groups in total. The number of aromatic nitrogens is 7. The van der Waals surface area contributed by atoms with Gasteiger partial charge in [0, 0.05) is 31.4 Å². The molecule has 0 atom stereocenters. The lowest BCUT2D eigenvalue weighted by Crippen LogP contribution is -2.10. The average Bonchev–Trinajstić information content (AvgIpc) is 3.32. The molecule has 0 aliphatic heterocycles.